The van der Waals surface area contributed by atoms with E-state index in [4.69, 9.17) is 0 Å². The summed E-state index contributed by atoms with van der Waals surface area (Å²) in [5.74, 6) is -0.640. The maximum Gasteiger partial charge on any atom is 0.257 e. The number of benzene rings is 2. The Labute approximate surface area is 164 Å². The number of carbonyl (C=O) groups excluding carboxylic acids is 2. The van der Waals surface area contributed by atoms with E-state index in [-0.39, 0.29) is 11.8 Å². The van der Waals surface area contributed by atoms with Crippen molar-refractivity contribution in [1.82, 2.24) is 4.98 Å². The van der Waals surface area contributed by atoms with Gasteiger partial charge in [-0.1, -0.05) is 12.1 Å². The zero-order chi connectivity index (χ0) is 20.1. The zero-order valence-electron chi connectivity index (χ0n) is 16.1. The second-order valence-electron chi connectivity index (χ2n) is 6.68. The fourth-order valence-corrected chi connectivity index (χ4v) is 2.66. The lowest BCUT2D eigenvalue weighted by molar-refractivity contribution is 0.102. The lowest BCUT2D eigenvalue weighted by atomic mass is 10.1. The number of aromatic nitrogens is 1. The molecule has 0 saturated heterocycles. The van der Waals surface area contributed by atoms with Crippen LogP contribution in [0.4, 0.5) is 17.1 Å². The number of nitrogens with zero attached hydrogens (tertiary/aromatic N) is 2. The van der Waals surface area contributed by atoms with Crippen LogP contribution in [0.3, 0.4) is 0 Å². The molecule has 6 nitrogen and oxygen atoms in total. The number of hydrogen-bond acceptors (Lipinski definition) is 4. The first-order chi connectivity index (χ1) is 13.4. The van der Waals surface area contributed by atoms with Gasteiger partial charge < -0.3 is 15.5 Å². The summed E-state index contributed by atoms with van der Waals surface area (Å²) in [6, 6.07) is 16.5. The number of hydrogen-bond donors (Lipinski definition) is 2. The van der Waals surface area contributed by atoms with Gasteiger partial charge in [-0.25, -0.2) is 0 Å². The van der Waals surface area contributed by atoms with Gasteiger partial charge in [0.15, 0.2) is 0 Å². The van der Waals surface area contributed by atoms with Crippen LogP contribution < -0.4 is 15.5 Å². The Morgan fingerprint density at radius 1 is 0.821 bits per heavy atom. The minimum absolute atomic E-state index is 0.313. The molecule has 6 heteroatoms. The lowest BCUT2D eigenvalue weighted by Gasteiger charge is -2.13. The Morgan fingerprint density at radius 2 is 1.43 bits per heavy atom. The number of nitrogens with one attached hydrogen (secondary N) is 2. The van der Waals surface area contributed by atoms with Crippen LogP contribution in [0.1, 0.15) is 26.3 Å². The third-order valence-electron chi connectivity index (χ3n) is 4.18. The van der Waals surface area contributed by atoms with Crippen LogP contribution in [0.25, 0.3) is 0 Å². The van der Waals surface area contributed by atoms with E-state index >= 15 is 0 Å². The fraction of sp³-hybridized carbons (Fsp3) is 0.136. The molecule has 0 unspecified atom stereocenters. The van der Waals surface area contributed by atoms with Gasteiger partial charge in [-0.05, 0) is 55.0 Å². The lowest BCUT2D eigenvalue weighted by Crippen LogP contribution is -2.16. The van der Waals surface area contributed by atoms with Gasteiger partial charge in [0.1, 0.15) is 0 Å². The van der Waals surface area contributed by atoms with Gasteiger partial charge in [-0.15, -0.1) is 0 Å². The molecule has 2 amide bonds. The Balaban J connectivity index is 1.71. The minimum atomic E-state index is -0.324. The highest BCUT2D eigenvalue weighted by molar-refractivity contribution is 6.08. The third kappa shape index (κ3) is 4.73. The molecule has 0 spiro atoms. The van der Waals surface area contributed by atoms with Crippen molar-refractivity contribution < 1.29 is 9.59 Å². The number of anilines is 3. The molecule has 2 aromatic carbocycles. The van der Waals surface area contributed by atoms with Crippen molar-refractivity contribution >= 4 is 28.9 Å². The number of pyridine rings is 1. The van der Waals surface area contributed by atoms with Crippen LogP contribution in [-0.4, -0.2) is 30.9 Å². The van der Waals surface area contributed by atoms with Gasteiger partial charge in [-0.2, -0.15) is 0 Å². The molecule has 0 radical (unpaired) electrons. The van der Waals surface area contributed by atoms with Gasteiger partial charge in [-0.3, -0.25) is 14.6 Å². The highest BCUT2D eigenvalue weighted by atomic mass is 16.2. The van der Waals surface area contributed by atoms with Crippen molar-refractivity contribution in [3.8, 4) is 0 Å². The number of aryl methyl sites for hydroxylation is 1. The summed E-state index contributed by atoms with van der Waals surface area (Å²) in [5.41, 5.74) is 4.08. The molecule has 1 heterocycles. The van der Waals surface area contributed by atoms with Gasteiger partial charge in [0, 0.05) is 43.6 Å². The van der Waals surface area contributed by atoms with E-state index < -0.39 is 0 Å². The Bertz CT molecular complexity index is 997. The van der Waals surface area contributed by atoms with Crippen LogP contribution in [0.2, 0.25) is 0 Å². The monoisotopic (exact) mass is 374 g/mol. The van der Waals surface area contributed by atoms with Crippen LogP contribution in [0.15, 0.2) is 67.0 Å². The average molecular weight is 374 g/mol. The van der Waals surface area contributed by atoms with Crippen LogP contribution >= 0.6 is 0 Å². The second kappa shape index (κ2) is 8.35. The molecule has 0 aliphatic heterocycles. The van der Waals surface area contributed by atoms with Crippen LogP contribution in [0.5, 0.6) is 0 Å². The van der Waals surface area contributed by atoms with Crippen molar-refractivity contribution in [1.29, 1.82) is 0 Å². The zero-order valence-corrected chi connectivity index (χ0v) is 16.1. The summed E-state index contributed by atoms with van der Waals surface area (Å²) in [6.45, 7) is 1.95. The second-order valence-corrected chi connectivity index (χ2v) is 6.68. The first kappa shape index (κ1) is 19.1. The van der Waals surface area contributed by atoms with E-state index in [1.54, 1.807) is 0 Å². The van der Waals surface area contributed by atoms with Crippen molar-refractivity contribution in [2.45, 2.75) is 6.92 Å². The van der Waals surface area contributed by atoms with E-state index in [1.807, 2.05) is 74.4 Å². The molecule has 0 saturated carbocycles. The summed E-state index contributed by atoms with van der Waals surface area (Å²) < 4.78 is 0. The molecular weight excluding hydrogens is 352 g/mol. The first-order valence-electron chi connectivity index (χ1n) is 8.84. The van der Waals surface area contributed by atoms with Gasteiger partial charge in [0.2, 0.25) is 0 Å². The van der Waals surface area contributed by atoms with Gasteiger partial charge in [0.25, 0.3) is 11.8 Å². The largest absolute Gasteiger partial charge is 0.378 e. The Hall–Kier alpha value is -3.67. The third-order valence-corrected chi connectivity index (χ3v) is 4.18. The van der Waals surface area contributed by atoms with Crippen molar-refractivity contribution in [2.24, 2.45) is 0 Å². The Morgan fingerprint density at radius 3 is 2.00 bits per heavy atom. The summed E-state index contributed by atoms with van der Waals surface area (Å²) in [7, 11) is 3.90. The smallest absolute Gasteiger partial charge is 0.257 e. The summed E-state index contributed by atoms with van der Waals surface area (Å²) >= 11 is 0. The van der Waals surface area contributed by atoms with Gasteiger partial charge in [0.05, 0.1) is 11.1 Å². The minimum Gasteiger partial charge on any atom is -0.378 e. The van der Waals surface area contributed by atoms with Crippen LogP contribution in [0, 0.1) is 6.92 Å². The highest BCUT2D eigenvalue weighted by Crippen LogP contribution is 2.17. The predicted molar refractivity (Wildman–Crippen MR) is 112 cm³/mol. The molecule has 0 aliphatic carbocycles. The number of amides is 2. The van der Waals surface area contributed by atoms with E-state index in [0.29, 0.717) is 22.5 Å². The van der Waals surface area contributed by atoms with Crippen molar-refractivity contribution in [3.63, 3.8) is 0 Å². The maximum absolute atomic E-state index is 12.5. The SMILES string of the molecule is Cc1cccc(NC(=O)c2cncc(C(=O)Nc3ccc(N(C)C)cc3)c2)c1. The number of carbonyl (C=O) groups is 2. The van der Waals surface area contributed by atoms with Crippen molar-refractivity contribution in [3.05, 3.63) is 83.7 Å². The van der Waals surface area contributed by atoms with Crippen molar-refractivity contribution in [2.75, 3.05) is 29.6 Å². The fourth-order valence-electron chi connectivity index (χ4n) is 2.66. The molecule has 0 atom stereocenters. The Kier molecular flexibility index (Phi) is 5.69. The van der Waals surface area contributed by atoms with E-state index in [0.717, 1.165) is 11.3 Å². The standard InChI is InChI=1S/C22H22N4O2/c1-15-5-4-6-19(11-15)25-22(28)17-12-16(13-23-14-17)21(27)24-18-7-9-20(10-8-18)26(2)3/h4-14H,1-3H3,(H,24,27)(H,25,28). The molecule has 142 valence electrons. The maximum atomic E-state index is 12.5. The average Bonchev–Trinajstić information content (AvgIpc) is 2.68. The normalized spacial score (nSPS) is 10.2. The summed E-state index contributed by atoms with van der Waals surface area (Å²) in [6.07, 6.45) is 2.88. The molecule has 3 aromatic rings. The molecule has 0 fully saturated rings. The number of rotatable bonds is 5. The summed E-state index contributed by atoms with van der Waals surface area (Å²) in [5, 5.41) is 5.63. The molecule has 0 bridgehead atoms. The molecule has 3 rings (SSSR count). The van der Waals surface area contributed by atoms with Gasteiger partial charge >= 0.3 is 0 Å². The predicted octanol–water partition coefficient (Wildman–Crippen LogP) is 3.96. The van der Waals surface area contributed by atoms with Crippen LogP contribution in [-0.2, 0) is 0 Å². The molecule has 0 aliphatic rings. The first-order valence-corrected chi connectivity index (χ1v) is 8.84. The van der Waals surface area contributed by atoms with E-state index in [2.05, 4.69) is 15.6 Å². The highest BCUT2D eigenvalue weighted by Gasteiger charge is 2.12. The molecule has 1 aromatic heterocycles. The molecule has 28 heavy (non-hydrogen) atoms. The topological polar surface area (TPSA) is 74.3 Å². The molecular formula is C22H22N4O2. The summed E-state index contributed by atoms with van der Waals surface area (Å²) in [4.78, 5) is 31.0. The molecule has 2 N–H and O–H groups in total. The quantitative estimate of drug-likeness (QED) is 0.709. The van der Waals surface area contributed by atoms with E-state index in [1.165, 1.54) is 18.5 Å². The van der Waals surface area contributed by atoms with E-state index in [9.17, 15) is 9.59 Å².